The summed E-state index contributed by atoms with van der Waals surface area (Å²) in [5, 5.41) is 0. The van der Waals surface area contributed by atoms with Crippen molar-refractivity contribution in [1.82, 2.24) is 0 Å². The van der Waals surface area contributed by atoms with Gasteiger partial charge in [0.2, 0.25) is 6.20 Å². The standard InChI is InChI=1S/C8H14NO.ClHO4/c1-4-7(2)9-6-5-8(3)10-9;2-1(3,4)5/h5-7H,4H2,1-3H3;(H,2,3,4,5)/q+1;/p-1. The summed E-state index contributed by atoms with van der Waals surface area (Å²) in [7, 11) is -4.94. The molecular formula is C8H14ClNO5. The molecule has 0 aliphatic heterocycles. The van der Waals surface area contributed by atoms with Gasteiger partial charge in [-0.1, -0.05) is 6.92 Å². The summed E-state index contributed by atoms with van der Waals surface area (Å²) in [6, 6.07) is 2.46. The molecule has 1 aromatic heterocycles. The zero-order chi connectivity index (χ0) is 12.1. The summed E-state index contributed by atoms with van der Waals surface area (Å²) in [6.45, 7) is 6.25. The minimum Gasteiger partial charge on any atom is -0.241 e. The highest BCUT2D eigenvalue weighted by Gasteiger charge is 2.13. The molecule has 1 atom stereocenters. The normalized spacial score (nSPS) is 13.0. The van der Waals surface area contributed by atoms with E-state index in [1.807, 2.05) is 23.9 Å². The molecule has 0 spiro atoms. The number of hydrogen-bond acceptors (Lipinski definition) is 5. The molecule has 0 fully saturated rings. The predicted molar refractivity (Wildman–Crippen MR) is 38.6 cm³/mol. The van der Waals surface area contributed by atoms with Gasteiger partial charge in [0.25, 0.3) is 0 Å². The van der Waals surface area contributed by atoms with Crippen molar-refractivity contribution in [3.8, 4) is 0 Å². The molecule has 6 nitrogen and oxygen atoms in total. The Kier molecular flexibility index (Phi) is 5.77. The predicted octanol–water partition coefficient (Wildman–Crippen LogP) is -2.91. The van der Waals surface area contributed by atoms with E-state index in [9.17, 15) is 0 Å². The van der Waals surface area contributed by atoms with Gasteiger partial charge in [-0.2, -0.15) is 0 Å². The molecule has 7 heteroatoms. The van der Waals surface area contributed by atoms with Gasteiger partial charge in [-0.3, -0.25) is 0 Å². The first kappa shape index (κ1) is 14.3. The van der Waals surface area contributed by atoms with E-state index in [0.29, 0.717) is 6.04 Å². The zero-order valence-electron chi connectivity index (χ0n) is 8.81. The first-order chi connectivity index (χ1) is 6.74. The summed E-state index contributed by atoms with van der Waals surface area (Å²) in [6.07, 6.45) is 3.08. The quantitative estimate of drug-likeness (QED) is 0.514. The molecule has 15 heavy (non-hydrogen) atoms. The Hall–Kier alpha value is -0.660. The average molecular weight is 240 g/mol. The highest BCUT2D eigenvalue weighted by molar-refractivity contribution is 4.84. The van der Waals surface area contributed by atoms with Crippen LogP contribution in [0, 0.1) is 17.2 Å². The fourth-order valence-corrected chi connectivity index (χ4v) is 0.822. The highest BCUT2D eigenvalue weighted by atomic mass is 35.7. The Bertz CT molecular complexity index is 277. The molecule has 0 saturated heterocycles. The van der Waals surface area contributed by atoms with Gasteiger partial charge in [0, 0.05) is 20.3 Å². The van der Waals surface area contributed by atoms with Gasteiger partial charge in [-0.05, 0) is 4.74 Å². The molecule has 0 saturated carbocycles. The first-order valence-corrected chi connectivity index (χ1v) is 5.57. The molecule has 88 valence electrons. The molecule has 1 aromatic rings. The summed E-state index contributed by atoms with van der Waals surface area (Å²) in [4.78, 5) is 0. The van der Waals surface area contributed by atoms with Crippen molar-refractivity contribution in [1.29, 1.82) is 0 Å². The van der Waals surface area contributed by atoms with Crippen LogP contribution in [0.2, 0.25) is 0 Å². The Morgan fingerprint density at radius 2 is 1.87 bits per heavy atom. The van der Waals surface area contributed by atoms with E-state index in [1.165, 1.54) is 0 Å². The van der Waals surface area contributed by atoms with Crippen molar-refractivity contribution in [2.75, 3.05) is 0 Å². The number of nitrogens with zero attached hydrogens (tertiary/aromatic N) is 1. The fraction of sp³-hybridized carbons (Fsp3) is 0.625. The van der Waals surface area contributed by atoms with Crippen molar-refractivity contribution in [2.24, 2.45) is 0 Å². The number of halogens is 1. The lowest BCUT2D eigenvalue weighted by atomic mass is 10.3. The monoisotopic (exact) mass is 239 g/mol. The van der Waals surface area contributed by atoms with Crippen LogP contribution in [0.3, 0.4) is 0 Å². The molecule has 0 bridgehead atoms. The molecule has 0 aromatic carbocycles. The summed E-state index contributed by atoms with van der Waals surface area (Å²) >= 11 is 0. The molecule has 0 radical (unpaired) electrons. The maximum absolute atomic E-state index is 8.49. The van der Waals surface area contributed by atoms with Crippen molar-refractivity contribution < 1.29 is 38.1 Å². The third-order valence-electron chi connectivity index (χ3n) is 1.73. The van der Waals surface area contributed by atoms with Crippen molar-refractivity contribution in [3.05, 3.63) is 18.0 Å². The lowest BCUT2D eigenvalue weighted by Crippen LogP contribution is -2.68. The molecule has 0 aliphatic carbocycles. The Balaban J connectivity index is 0.000000336. The topological polar surface area (TPSA) is 109 Å². The second-order valence-corrected chi connectivity index (χ2v) is 3.77. The molecule has 0 aliphatic rings. The molecule has 1 heterocycles. The van der Waals surface area contributed by atoms with Gasteiger partial charge in [0.05, 0.1) is 6.07 Å². The maximum atomic E-state index is 8.49. The van der Waals surface area contributed by atoms with Gasteiger partial charge in [0.15, 0.2) is 11.8 Å². The second-order valence-electron chi connectivity index (χ2n) is 3.01. The number of hydrogen-bond donors (Lipinski definition) is 0. The fourth-order valence-electron chi connectivity index (χ4n) is 0.822. The van der Waals surface area contributed by atoms with E-state index in [4.69, 9.17) is 23.2 Å². The molecule has 1 unspecified atom stereocenters. The smallest absolute Gasteiger partial charge is 0.220 e. The van der Waals surface area contributed by atoms with Crippen LogP contribution in [0.4, 0.5) is 0 Å². The highest BCUT2D eigenvalue weighted by Crippen LogP contribution is 2.01. The van der Waals surface area contributed by atoms with E-state index in [1.54, 1.807) is 0 Å². The Morgan fingerprint density at radius 1 is 1.40 bits per heavy atom. The van der Waals surface area contributed by atoms with Gasteiger partial charge < -0.3 is 0 Å². The molecule has 0 N–H and O–H groups in total. The van der Waals surface area contributed by atoms with Crippen molar-refractivity contribution >= 4 is 0 Å². The lowest BCUT2D eigenvalue weighted by molar-refractivity contribution is -2.00. The van der Waals surface area contributed by atoms with Crippen LogP contribution in [0.5, 0.6) is 0 Å². The second kappa shape index (κ2) is 6.04. The first-order valence-electron chi connectivity index (χ1n) is 4.34. The molecule has 0 amide bonds. The largest absolute Gasteiger partial charge is 0.241 e. The Labute approximate surface area is 90.1 Å². The third kappa shape index (κ3) is 8.34. The van der Waals surface area contributed by atoms with Gasteiger partial charge in [-0.15, -0.1) is 10.2 Å². The number of aryl methyl sites for hydroxylation is 1. The molecular weight excluding hydrogens is 226 g/mol. The van der Waals surface area contributed by atoms with Crippen LogP contribution in [0.1, 0.15) is 32.1 Å². The van der Waals surface area contributed by atoms with E-state index < -0.39 is 10.2 Å². The van der Waals surface area contributed by atoms with Gasteiger partial charge >= 0.3 is 0 Å². The van der Waals surface area contributed by atoms with Crippen molar-refractivity contribution in [2.45, 2.75) is 33.2 Å². The third-order valence-corrected chi connectivity index (χ3v) is 1.73. The van der Waals surface area contributed by atoms with Gasteiger partial charge in [-0.25, -0.2) is 23.2 Å². The van der Waals surface area contributed by atoms with Crippen LogP contribution < -0.4 is 23.4 Å². The van der Waals surface area contributed by atoms with Crippen LogP contribution in [-0.2, 0) is 0 Å². The van der Waals surface area contributed by atoms with Crippen LogP contribution >= 0.6 is 0 Å². The van der Waals surface area contributed by atoms with E-state index in [0.717, 1.165) is 12.2 Å². The van der Waals surface area contributed by atoms with Crippen LogP contribution in [0.25, 0.3) is 0 Å². The maximum Gasteiger partial charge on any atom is 0.220 e. The van der Waals surface area contributed by atoms with E-state index >= 15 is 0 Å². The summed E-state index contributed by atoms with van der Waals surface area (Å²) in [5.74, 6) is 0.973. The minimum absolute atomic E-state index is 0.480. The van der Waals surface area contributed by atoms with E-state index in [-0.39, 0.29) is 0 Å². The number of aromatic nitrogens is 1. The lowest BCUT2D eigenvalue weighted by Gasteiger charge is -2.17. The van der Waals surface area contributed by atoms with Crippen LogP contribution in [0.15, 0.2) is 16.8 Å². The average Bonchev–Trinajstić information content (AvgIpc) is 2.47. The minimum atomic E-state index is -4.94. The summed E-state index contributed by atoms with van der Waals surface area (Å²) < 4.78 is 41.2. The van der Waals surface area contributed by atoms with Crippen molar-refractivity contribution in [3.63, 3.8) is 0 Å². The SMILES string of the molecule is CCC(C)[n+]1ccc(C)o1.[O-][Cl+3]([O-])([O-])[O-]. The Morgan fingerprint density at radius 3 is 2.13 bits per heavy atom. The zero-order valence-corrected chi connectivity index (χ0v) is 9.56. The van der Waals surface area contributed by atoms with E-state index in [2.05, 4.69) is 13.8 Å². The summed E-state index contributed by atoms with van der Waals surface area (Å²) in [5.41, 5.74) is 0. The van der Waals surface area contributed by atoms with Gasteiger partial charge in [0.1, 0.15) is 0 Å². The number of rotatable bonds is 2. The van der Waals surface area contributed by atoms with Crippen LogP contribution in [-0.4, -0.2) is 0 Å². The molecule has 1 rings (SSSR count).